The van der Waals surface area contributed by atoms with E-state index in [4.69, 9.17) is 10.4 Å². The van der Waals surface area contributed by atoms with Crippen LogP contribution in [0.4, 0.5) is 10.1 Å². The molecular weight excluding hydrogens is 271 g/mol. The first-order valence-electron chi connectivity index (χ1n) is 6.30. The van der Waals surface area contributed by atoms with Gasteiger partial charge in [0.2, 0.25) is 0 Å². The normalized spacial score (nSPS) is 9.90. The van der Waals surface area contributed by atoms with Gasteiger partial charge in [0, 0.05) is 12.2 Å². The van der Waals surface area contributed by atoms with E-state index in [2.05, 4.69) is 0 Å². The number of nitriles is 1. The van der Waals surface area contributed by atoms with Gasteiger partial charge < -0.3 is 10.0 Å². The molecule has 21 heavy (non-hydrogen) atoms. The van der Waals surface area contributed by atoms with Crippen molar-refractivity contribution in [1.82, 2.24) is 0 Å². The lowest BCUT2D eigenvalue weighted by Gasteiger charge is -2.23. The molecule has 0 amide bonds. The summed E-state index contributed by atoms with van der Waals surface area (Å²) in [5.74, 6) is -1.53. The minimum absolute atomic E-state index is 0.0455. The maximum atomic E-state index is 13.3. The van der Waals surface area contributed by atoms with E-state index in [0.717, 1.165) is 5.69 Å². The van der Waals surface area contributed by atoms with Crippen molar-refractivity contribution >= 4 is 11.7 Å². The molecule has 0 heterocycles. The average Bonchev–Trinajstić information content (AvgIpc) is 2.49. The van der Waals surface area contributed by atoms with Crippen LogP contribution in [0.3, 0.4) is 0 Å². The van der Waals surface area contributed by atoms with Crippen molar-refractivity contribution in [3.8, 4) is 6.07 Å². The summed E-state index contributed by atoms with van der Waals surface area (Å²) < 4.78 is 13.3. The smallest absolute Gasteiger partial charge is 0.323 e. The van der Waals surface area contributed by atoms with Crippen LogP contribution in [0.5, 0.6) is 0 Å². The third-order valence-corrected chi connectivity index (χ3v) is 2.97. The van der Waals surface area contributed by atoms with Crippen molar-refractivity contribution in [1.29, 1.82) is 5.26 Å². The zero-order chi connectivity index (χ0) is 15.2. The van der Waals surface area contributed by atoms with Gasteiger partial charge in [-0.15, -0.1) is 0 Å². The predicted molar refractivity (Wildman–Crippen MR) is 76.2 cm³/mol. The molecule has 0 unspecified atom stereocenters. The molecule has 5 heteroatoms. The molecule has 4 nitrogen and oxygen atoms in total. The average molecular weight is 284 g/mol. The van der Waals surface area contributed by atoms with Gasteiger partial charge >= 0.3 is 5.97 Å². The molecule has 2 aromatic carbocycles. The molecule has 106 valence electrons. The highest BCUT2D eigenvalue weighted by atomic mass is 19.1. The number of benzene rings is 2. The highest BCUT2D eigenvalue weighted by molar-refractivity contribution is 5.73. The Labute approximate surface area is 121 Å². The van der Waals surface area contributed by atoms with Gasteiger partial charge in [-0.1, -0.05) is 24.3 Å². The zero-order valence-corrected chi connectivity index (χ0v) is 11.2. The molecule has 0 saturated heterocycles. The Morgan fingerprint density at radius 1 is 1.24 bits per heavy atom. The molecule has 2 rings (SSSR count). The van der Waals surface area contributed by atoms with E-state index >= 15 is 0 Å². The van der Waals surface area contributed by atoms with Gasteiger partial charge in [-0.05, 0) is 29.8 Å². The van der Waals surface area contributed by atoms with Crippen LogP contribution in [-0.2, 0) is 11.3 Å². The van der Waals surface area contributed by atoms with Gasteiger partial charge in [0.25, 0.3) is 0 Å². The third-order valence-electron chi connectivity index (χ3n) is 2.97. The monoisotopic (exact) mass is 284 g/mol. The molecule has 2 aromatic rings. The lowest BCUT2D eigenvalue weighted by atomic mass is 10.1. The topological polar surface area (TPSA) is 64.3 Å². The zero-order valence-electron chi connectivity index (χ0n) is 11.2. The Kier molecular flexibility index (Phi) is 4.52. The van der Waals surface area contributed by atoms with Gasteiger partial charge in [-0.2, -0.15) is 5.26 Å². The number of carboxylic acid groups (broad SMARTS) is 1. The van der Waals surface area contributed by atoms with Crippen LogP contribution >= 0.6 is 0 Å². The minimum Gasteiger partial charge on any atom is -0.480 e. The number of carbonyl (C=O) groups is 1. The summed E-state index contributed by atoms with van der Waals surface area (Å²) in [6.45, 7) is 0.106. The fourth-order valence-corrected chi connectivity index (χ4v) is 2.02. The first-order chi connectivity index (χ1) is 10.1. The second-order valence-corrected chi connectivity index (χ2v) is 4.51. The highest BCUT2D eigenvalue weighted by Crippen LogP contribution is 2.18. The molecule has 0 aliphatic rings. The fraction of sp³-hybridized carbons (Fsp3) is 0.125. The number of hydrogen-bond donors (Lipinski definition) is 1. The number of aliphatic carboxylic acids is 1. The summed E-state index contributed by atoms with van der Waals surface area (Å²) in [7, 11) is 0. The molecule has 0 aliphatic heterocycles. The van der Waals surface area contributed by atoms with Crippen LogP contribution in [0.25, 0.3) is 0 Å². The molecular formula is C16H13FN2O2. The van der Waals surface area contributed by atoms with Gasteiger partial charge in [0.05, 0.1) is 5.56 Å². The molecule has 0 aromatic heterocycles. The molecule has 0 spiro atoms. The van der Waals surface area contributed by atoms with E-state index in [-0.39, 0.29) is 18.7 Å². The van der Waals surface area contributed by atoms with Crippen LogP contribution < -0.4 is 4.90 Å². The number of hydrogen-bond acceptors (Lipinski definition) is 3. The van der Waals surface area contributed by atoms with Gasteiger partial charge in [0.15, 0.2) is 0 Å². The summed E-state index contributed by atoms with van der Waals surface area (Å²) >= 11 is 0. The van der Waals surface area contributed by atoms with E-state index in [9.17, 15) is 9.18 Å². The molecule has 0 aliphatic carbocycles. The molecule has 0 radical (unpaired) electrons. The SMILES string of the molecule is N#Cc1cc(CN(CC(=O)O)c2ccccc2)ccc1F. The summed E-state index contributed by atoms with van der Waals surface area (Å²) in [6, 6.07) is 15.1. The maximum absolute atomic E-state index is 13.3. The highest BCUT2D eigenvalue weighted by Gasteiger charge is 2.12. The molecule has 1 N–H and O–H groups in total. The maximum Gasteiger partial charge on any atom is 0.323 e. The van der Waals surface area contributed by atoms with Crippen LogP contribution in [0.1, 0.15) is 11.1 Å². The first-order valence-corrected chi connectivity index (χ1v) is 6.30. The second-order valence-electron chi connectivity index (χ2n) is 4.51. The first kappa shape index (κ1) is 14.5. The van der Waals surface area contributed by atoms with Crippen molar-refractivity contribution in [2.24, 2.45) is 0 Å². The number of para-hydroxylation sites is 1. The van der Waals surface area contributed by atoms with E-state index in [0.29, 0.717) is 5.56 Å². The Morgan fingerprint density at radius 2 is 1.95 bits per heavy atom. The molecule has 0 saturated carbocycles. The Morgan fingerprint density at radius 3 is 2.57 bits per heavy atom. The van der Waals surface area contributed by atoms with E-state index in [1.54, 1.807) is 29.2 Å². The summed E-state index contributed by atoms with van der Waals surface area (Å²) in [4.78, 5) is 12.6. The van der Waals surface area contributed by atoms with Crippen molar-refractivity contribution in [2.75, 3.05) is 11.4 Å². The number of nitrogens with zero attached hydrogens (tertiary/aromatic N) is 2. The quantitative estimate of drug-likeness (QED) is 0.917. The number of anilines is 1. The molecule has 0 fully saturated rings. The van der Waals surface area contributed by atoms with Crippen LogP contribution in [-0.4, -0.2) is 17.6 Å². The lowest BCUT2D eigenvalue weighted by Crippen LogP contribution is -2.29. The standard InChI is InChI=1S/C16H13FN2O2/c17-15-7-6-12(8-13(15)9-18)10-19(11-16(20)21)14-4-2-1-3-5-14/h1-8H,10-11H2,(H,20,21). The van der Waals surface area contributed by atoms with Gasteiger partial charge in [0.1, 0.15) is 18.4 Å². The minimum atomic E-state index is -0.957. The molecule has 0 atom stereocenters. The Bertz CT molecular complexity index is 680. The van der Waals surface area contributed by atoms with Crippen molar-refractivity contribution in [2.45, 2.75) is 6.54 Å². The second kappa shape index (κ2) is 6.53. The van der Waals surface area contributed by atoms with E-state index < -0.39 is 11.8 Å². The van der Waals surface area contributed by atoms with E-state index in [1.165, 1.54) is 12.1 Å². The number of halogens is 1. The predicted octanol–water partition coefficient (Wildman–Crippen LogP) is 2.79. The van der Waals surface area contributed by atoms with Crippen molar-refractivity contribution in [3.05, 3.63) is 65.5 Å². The van der Waals surface area contributed by atoms with Gasteiger partial charge in [-0.25, -0.2) is 4.39 Å². The van der Waals surface area contributed by atoms with Crippen LogP contribution in [0, 0.1) is 17.1 Å². The Hall–Kier alpha value is -2.87. The summed E-state index contributed by atoms with van der Waals surface area (Å²) in [6.07, 6.45) is 0. The largest absolute Gasteiger partial charge is 0.480 e. The van der Waals surface area contributed by atoms with Gasteiger partial charge in [-0.3, -0.25) is 4.79 Å². The third kappa shape index (κ3) is 3.80. The fourth-order valence-electron chi connectivity index (χ4n) is 2.02. The van der Waals surface area contributed by atoms with Crippen LogP contribution in [0.15, 0.2) is 48.5 Å². The summed E-state index contributed by atoms with van der Waals surface area (Å²) in [5, 5.41) is 17.9. The number of carboxylic acids is 1. The number of rotatable bonds is 5. The Balaban J connectivity index is 2.27. The van der Waals surface area contributed by atoms with Crippen molar-refractivity contribution < 1.29 is 14.3 Å². The lowest BCUT2D eigenvalue weighted by molar-refractivity contribution is -0.135. The van der Waals surface area contributed by atoms with E-state index in [1.807, 2.05) is 18.2 Å². The van der Waals surface area contributed by atoms with Crippen molar-refractivity contribution in [3.63, 3.8) is 0 Å². The molecule has 0 bridgehead atoms. The van der Waals surface area contributed by atoms with Crippen LogP contribution in [0.2, 0.25) is 0 Å². The summed E-state index contributed by atoms with van der Waals surface area (Å²) in [5.41, 5.74) is 1.39.